The number of nitrogens with one attached hydrogen (secondary N) is 2. The molecule has 0 unspecified atom stereocenters. The standard InChI is InChI=1S/C16H22N4O/c1-16(2,3)20-14(21)7-9-19-13-5-4-11-10-18-8-6-12(11)15(13)17/h4-6,8,10,19H,7,9,17H2,1-3H3,(H,20,21). The van der Waals surface area contributed by atoms with Crippen molar-refractivity contribution >= 4 is 28.1 Å². The molecule has 0 fully saturated rings. The molecule has 112 valence electrons. The van der Waals surface area contributed by atoms with Gasteiger partial charge < -0.3 is 16.4 Å². The quantitative estimate of drug-likeness (QED) is 0.755. The molecule has 5 nitrogen and oxygen atoms in total. The van der Waals surface area contributed by atoms with Crippen molar-refractivity contribution in [2.45, 2.75) is 32.7 Å². The van der Waals surface area contributed by atoms with Gasteiger partial charge >= 0.3 is 0 Å². The number of amides is 1. The summed E-state index contributed by atoms with van der Waals surface area (Å²) in [5, 5.41) is 8.12. The highest BCUT2D eigenvalue weighted by atomic mass is 16.1. The van der Waals surface area contributed by atoms with Crippen LogP contribution in [0.2, 0.25) is 0 Å². The topological polar surface area (TPSA) is 80.0 Å². The van der Waals surface area contributed by atoms with E-state index in [1.165, 1.54) is 0 Å². The number of nitrogens with two attached hydrogens (primary N) is 1. The lowest BCUT2D eigenvalue weighted by Gasteiger charge is -2.20. The van der Waals surface area contributed by atoms with Gasteiger partial charge in [0, 0.05) is 41.7 Å². The van der Waals surface area contributed by atoms with Gasteiger partial charge in [-0.25, -0.2) is 0 Å². The van der Waals surface area contributed by atoms with Gasteiger partial charge in [0.15, 0.2) is 0 Å². The predicted octanol–water partition coefficient (Wildman–Crippen LogP) is 2.53. The number of nitrogens with zero attached hydrogens (tertiary/aromatic N) is 1. The molecular formula is C16H22N4O. The highest BCUT2D eigenvalue weighted by Crippen LogP contribution is 2.27. The van der Waals surface area contributed by atoms with Crippen LogP contribution < -0.4 is 16.4 Å². The van der Waals surface area contributed by atoms with Crippen LogP contribution in [0, 0.1) is 0 Å². The molecule has 0 saturated carbocycles. The molecule has 2 aromatic rings. The molecule has 0 aliphatic heterocycles. The van der Waals surface area contributed by atoms with E-state index < -0.39 is 0 Å². The highest BCUT2D eigenvalue weighted by Gasteiger charge is 2.13. The molecule has 0 aliphatic rings. The minimum atomic E-state index is -0.202. The van der Waals surface area contributed by atoms with Crippen molar-refractivity contribution in [2.75, 3.05) is 17.6 Å². The molecule has 1 aromatic heterocycles. The molecule has 0 aliphatic carbocycles. The van der Waals surface area contributed by atoms with Crippen LogP contribution in [0.3, 0.4) is 0 Å². The Hall–Kier alpha value is -2.30. The number of carbonyl (C=O) groups excluding carboxylic acids is 1. The summed E-state index contributed by atoms with van der Waals surface area (Å²) in [5.41, 5.74) is 7.48. The Balaban J connectivity index is 1.98. The van der Waals surface area contributed by atoms with Crippen molar-refractivity contribution in [3.05, 3.63) is 30.6 Å². The van der Waals surface area contributed by atoms with Gasteiger partial charge in [0.25, 0.3) is 0 Å². The van der Waals surface area contributed by atoms with Gasteiger partial charge in [-0.2, -0.15) is 0 Å². The van der Waals surface area contributed by atoms with E-state index >= 15 is 0 Å². The lowest BCUT2D eigenvalue weighted by atomic mass is 10.1. The van der Waals surface area contributed by atoms with Gasteiger partial charge in [-0.3, -0.25) is 9.78 Å². The Labute approximate surface area is 124 Å². The largest absolute Gasteiger partial charge is 0.397 e. The van der Waals surface area contributed by atoms with Crippen molar-refractivity contribution in [3.63, 3.8) is 0 Å². The fourth-order valence-corrected chi connectivity index (χ4v) is 2.14. The van der Waals surface area contributed by atoms with Gasteiger partial charge in [0.2, 0.25) is 5.91 Å². The SMILES string of the molecule is CC(C)(C)NC(=O)CCNc1ccc2cnccc2c1N. The summed E-state index contributed by atoms with van der Waals surface area (Å²) < 4.78 is 0. The zero-order valence-corrected chi connectivity index (χ0v) is 12.7. The van der Waals surface area contributed by atoms with Crippen molar-refractivity contribution in [3.8, 4) is 0 Å². The Kier molecular flexibility index (Phi) is 4.31. The first-order chi connectivity index (χ1) is 9.87. The fourth-order valence-electron chi connectivity index (χ4n) is 2.14. The molecule has 21 heavy (non-hydrogen) atoms. The normalized spacial score (nSPS) is 11.4. The summed E-state index contributed by atoms with van der Waals surface area (Å²) in [4.78, 5) is 15.8. The van der Waals surface area contributed by atoms with Gasteiger partial charge in [-0.05, 0) is 32.9 Å². The summed E-state index contributed by atoms with van der Waals surface area (Å²) in [5.74, 6) is 0.0264. The van der Waals surface area contributed by atoms with E-state index in [2.05, 4.69) is 15.6 Å². The van der Waals surface area contributed by atoms with E-state index in [4.69, 9.17) is 5.73 Å². The first-order valence-electron chi connectivity index (χ1n) is 7.04. The molecule has 0 radical (unpaired) electrons. The Bertz CT molecular complexity index is 646. The molecule has 4 N–H and O–H groups in total. The molecule has 0 spiro atoms. The second-order valence-corrected chi connectivity index (χ2v) is 6.10. The van der Waals surface area contributed by atoms with Crippen molar-refractivity contribution in [1.82, 2.24) is 10.3 Å². The predicted molar refractivity (Wildman–Crippen MR) is 87.2 cm³/mol. The monoisotopic (exact) mass is 286 g/mol. The van der Waals surface area contributed by atoms with E-state index in [-0.39, 0.29) is 11.4 Å². The molecular weight excluding hydrogens is 264 g/mol. The van der Waals surface area contributed by atoms with E-state index in [1.54, 1.807) is 12.4 Å². The lowest BCUT2D eigenvalue weighted by molar-refractivity contribution is -0.122. The van der Waals surface area contributed by atoms with Crippen molar-refractivity contribution in [2.24, 2.45) is 0 Å². The minimum absolute atomic E-state index is 0.0264. The molecule has 0 bridgehead atoms. The fraction of sp³-hybridized carbons (Fsp3) is 0.375. The number of aromatic nitrogens is 1. The van der Waals surface area contributed by atoms with Gasteiger partial charge in [-0.15, -0.1) is 0 Å². The number of rotatable bonds is 4. The molecule has 5 heteroatoms. The summed E-state index contributed by atoms with van der Waals surface area (Å²) in [6, 6.07) is 5.78. The van der Waals surface area contributed by atoms with E-state index in [0.29, 0.717) is 18.7 Å². The minimum Gasteiger partial charge on any atom is -0.397 e. The maximum Gasteiger partial charge on any atom is 0.222 e. The van der Waals surface area contributed by atoms with Crippen LogP contribution in [0.4, 0.5) is 11.4 Å². The first kappa shape index (κ1) is 15.1. The average molecular weight is 286 g/mol. The number of benzene rings is 1. The van der Waals surface area contributed by atoms with E-state index in [0.717, 1.165) is 16.5 Å². The zero-order chi connectivity index (χ0) is 15.5. The molecule has 0 saturated heterocycles. The molecule has 0 atom stereocenters. The average Bonchev–Trinajstić information content (AvgIpc) is 2.40. The zero-order valence-electron chi connectivity index (χ0n) is 12.7. The summed E-state index contributed by atoms with van der Waals surface area (Å²) in [6.45, 7) is 6.44. The molecule has 1 heterocycles. The summed E-state index contributed by atoms with van der Waals surface area (Å²) in [7, 11) is 0. The molecule has 2 rings (SSSR count). The number of anilines is 2. The van der Waals surface area contributed by atoms with Crippen LogP contribution in [-0.2, 0) is 4.79 Å². The summed E-state index contributed by atoms with van der Waals surface area (Å²) >= 11 is 0. The van der Waals surface area contributed by atoms with Crippen LogP contribution in [0.1, 0.15) is 27.2 Å². The molecule has 1 amide bonds. The van der Waals surface area contributed by atoms with Gasteiger partial charge in [0.1, 0.15) is 0 Å². The van der Waals surface area contributed by atoms with Crippen LogP contribution >= 0.6 is 0 Å². The number of pyridine rings is 1. The van der Waals surface area contributed by atoms with Crippen LogP contribution in [0.15, 0.2) is 30.6 Å². The van der Waals surface area contributed by atoms with Gasteiger partial charge in [-0.1, -0.05) is 6.07 Å². The maximum atomic E-state index is 11.8. The molecule has 1 aromatic carbocycles. The third-order valence-corrected chi connectivity index (χ3v) is 3.04. The highest BCUT2D eigenvalue weighted by molar-refractivity contribution is 5.98. The Morgan fingerprint density at radius 2 is 2.05 bits per heavy atom. The maximum absolute atomic E-state index is 11.8. The smallest absolute Gasteiger partial charge is 0.222 e. The third-order valence-electron chi connectivity index (χ3n) is 3.04. The number of fused-ring (bicyclic) bond motifs is 1. The van der Waals surface area contributed by atoms with Crippen molar-refractivity contribution in [1.29, 1.82) is 0 Å². The van der Waals surface area contributed by atoms with Gasteiger partial charge in [0.05, 0.1) is 11.4 Å². The summed E-state index contributed by atoms with van der Waals surface area (Å²) in [6.07, 6.45) is 3.91. The van der Waals surface area contributed by atoms with Crippen LogP contribution in [0.5, 0.6) is 0 Å². The number of nitrogen functional groups attached to an aromatic ring is 1. The van der Waals surface area contributed by atoms with E-state index in [9.17, 15) is 4.79 Å². The van der Waals surface area contributed by atoms with Crippen molar-refractivity contribution < 1.29 is 4.79 Å². The Morgan fingerprint density at radius 1 is 1.29 bits per heavy atom. The number of hydrogen-bond donors (Lipinski definition) is 3. The van der Waals surface area contributed by atoms with Crippen LogP contribution in [0.25, 0.3) is 10.8 Å². The Morgan fingerprint density at radius 3 is 2.76 bits per heavy atom. The van der Waals surface area contributed by atoms with Crippen LogP contribution in [-0.4, -0.2) is 23.0 Å². The first-order valence-corrected chi connectivity index (χ1v) is 7.04. The third kappa shape index (κ3) is 4.08. The number of carbonyl (C=O) groups is 1. The second kappa shape index (κ2) is 5.99. The number of hydrogen-bond acceptors (Lipinski definition) is 4. The van der Waals surface area contributed by atoms with E-state index in [1.807, 2.05) is 39.0 Å². The second-order valence-electron chi connectivity index (χ2n) is 6.10. The lowest BCUT2D eigenvalue weighted by Crippen LogP contribution is -2.41.